The Hall–Kier alpha value is -2.05. The van der Waals surface area contributed by atoms with Crippen LogP contribution in [0.15, 0.2) is 47.4 Å². The number of aromatic hydroxyl groups is 1. The van der Waals surface area contributed by atoms with E-state index in [1.165, 1.54) is 31.4 Å². The van der Waals surface area contributed by atoms with Crippen molar-refractivity contribution in [3.05, 3.63) is 48.0 Å². The molecule has 0 fully saturated rings. The summed E-state index contributed by atoms with van der Waals surface area (Å²) < 4.78 is 37.2. The van der Waals surface area contributed by atoms with E-state index in [1.807, 2.05) is 18.2 Å². The van der Waals surface area contributed by atoms with Crippen LogP contribution in [0.25, 0.3) is 0 Å². The minimum Gasteiger partial charge on any atom is -0.506 e. The Morgan fingerprint density at radius 1 is 1.00 bits per heavy atom. The van der Waals surface area contributed by atoms with Crippen LogP contribution in [0.5, 0.6) is 17.2 Å². The Kier molecular flexibility index (Phi) is 6.23. The van der Waals surface area contributed by atoms with Crippen molar-refractivity contribution < 1.29 is 22.8 Å². The maximum Gasteiger partial charge on any atom is 0.298 e. The molecule has 0 aliphatic carbocycles. The zero-order chi connectivity index (χ0) is 17.6. The van der Waals surface area contributed by atoms with Crippen LogP contribution in [0.3, 0.4) is 0 Å². The highest BCUT2D eigenvalue weighted by molar-refractivity contribution is 7.86. The molecule has 0 aromatic heterocycles. The van der Waals surface area contributed by atoms with E-state index >= 15 is 0 Å². The SMILES string of the molecule is CCCCCCc1cccc(Oc2ccc(O)c(S(=O)(=O)O)c2)c1. The van der Waals surface area contributed by atoms with Crippen LogP contribution in [-0.4, -0.2) is 18.1 Å². The summed E-state index contributed by atoms with van der Waals surface area (Å²) in [5.74, 6) is 0.285. The molecule has 0 spiro atoms. The smallest absolute Gasteiger partial charge is 0.298 e. The molecule has 0 heterocycles. The van der Waals surface area contributed by atoms with Gasteiger partial charge in [-0.1, -0.05) is 38.3 Å². The second-order valence-electron chi connectivity index (χ2n) is 5.66. The molecular formula is C18H22O5S. The van der Waals surface area contributed by atoms with E-state index in [2.05, 4.69) is 6.92 Å². The molecule has 0 saturated carbocycles. The van der Waals surface area contributed by atoms with Crippen molar-refractivity contribution in [1.29, 1.82) is 0 Å². The molecular weight excluding hydrogens is 328 g/mol. The van der Waals surface area contributed by atoms with E-state index in [1.54, 1.807) is 6.07 Å². The largest absolute Gasteiger partial charge is 0.506 e. The Balaban J connectivity index is 2.11. The number of hydrogen-bond donors (Lipinski definition) is 2. The first-order valence-electron chi connectivity index (χ1n) is 7.97. The van der Waals surface area contributed by atoms with Gasteiger partial charge in [0, 0.05) is 6.07 Å². The molecule has 0 amide bonds. The van der Waals surface area contributed by atoms with Crippen molar-refractivity contribution in [3.8, 4) is 17.2 Å². The quantitative estimate of drug-likeness (QED) is 0.539. The third-order valence-corrected chi connectivity index (χ3v) is 4.55. The molecule has 0 aliphatic heterocycles. The van der Waals surface area contributed by atoms with E-state index in [0.29, 0.717) is 5.75 Å². The van der Waals surface area contributed by atoms with Crippen LogP contribution < -0.4 is 4.74 Å². The number of unbranched alkanes of at least 4 members (excludes halogenated alkanes) is 3. The van der Waals surface area contributed by atoms with Crippen LogP contribution in [0.4, 0.5) is 0 Å². The van der Waals surface area contributed by atoms with Crippen molar-refractivity contribution in [1.82, 2.24) is 0 Å². The predicted octanol–water partition coefficient (Wildman–Crippen LogP) is 4.55. The lowest BCUT2D eigenvalue weighted by Crippen LogP contribution is -1.99. The third kappa shape index (κ3) is 5.25. The lowest BCUT2D eigenvalue weighted by molar-refractivity contribution is 0.435. The molecule has 0 aliphatic rings. The lowest BCUT2D eigenvalue weighted by Gasteiger charge is -2.09. The molecule has 2 N–H and O–H groups in total. The number of rotatable bonds is 8. The summed E-state index contributed by atoms with van der Waals surface area (Å²) in [5, 5.41) is 9.53. The fraction of sp³-hybridized carbons (Fsp3) is 0.333. The first-order chi connectivity index (χ1) is 11.4. The second kappa shape index (κ2) is 8.17. The van der Waals surface area contributed by atoms with Gasteiger partial charge in [0.2, 0.25) is 0 Å². The standard InChI is InChI=1S/C18H22O5S/c1-2-3-4-5-7-14-8-6-9-15(12-14)23-16-10-11-17(19)18(13-16)24(20,21)22/h6,8-13,19H,2-5,7H2,1H3,(H,20,21,22). The van der Waals surface area contributed by atoms with Crippen LogP contribution in [0, 0.1) is 0 Å². The van der Waals surface area contributed by atoms with Crippen molar-refractivity contribution in [2.75, 3.05) is 0 Å². The van der Waals surface area contributed by atoms with E-state index in [9.17, 15) is 13.5 Å². The molecule has 0 unspecified atom stereocenters. The molecule has 2 rings (SSSR count). The minimum atomic E-state index is -4.50. The van der Waals surface area contributed by atoms with Crippen LogP contribution >= 0.6 is 0 Å². The van der Waals surface area contributed by atoms with Crippen LogP contribution in [0.1, 0.15) is 38.2 Å². The first-order valence-corrected chi connectivity index (χ1v) is 9.41. The first kappa shape index (κ1) is 18.3. The molecule has 5 nitrogen and oxygen atoms in total. The third-order valence-electron chi connectivity index (χ3n) is 3.66. The normalized spacial score (nSPS) is 11.4. The molecule has 2 aromatic rings. The van der Waals surface area contributed by atoms with Gasteiger partial charge in [0.05, 0.1) is 0 Å². The molecule has 6 heteroatoms. The van der Waals surface area contributed by atoms with E-state index < -0.39 is 20.8 Å². The fourth-order valence-electron chi connectivity index (χ4n) is 2.42. The monoisotopic (exact) mass is 350 g/mol. The summed E-state index contributed by atoms with van der Waals surface area (Å²) in [6, 6.07) is 11.3. The fourth-order valence-corrected chi connectivity index (χ4v) is 3.02. The number of aryl methyl sites for hydroxylation is 1. The van der Waals surface area contributed by atoms with Gasteiger partial charge in [0.25, 0.3) is 10.1 Å². The zero-order valence-corrected chi connectivity index (χ0v) is 14.4. The highest BCUT2D eigenvalue weighted by Gasteiger charge is 2.16. The minimum absolute atomic E-state index is 0.226. The second-order valence-corrected chi connectivity index (χ2v) is 7.05. The Bertz CT molecular complexity index is 784. The highest BCUT2D eigenvalue weighted by Crippen LogP contribution is 2.30. The van der Waals surface area contributed by atoms with Gasteiger partial charge in [0.15, 0.2) is 0 Å². The Morgan fingerprint density at radius 3 is 2.46 bits per heavy atom. The summed E-state index contributed by atoms with van der Waals surface area (Å²) in [6.07, 6.45) is 5.69. The number of phenols is 1. The average Bonchev–Trinajstić information content (AvgIpc) is 2.53. The molecule has 24 heavy (non-hydrogen) atoms. The van der Waals surface area contributed by atoms with Crippen LogP contribution in [0.2, 0.25) is 0 Å². The van der Waals surface area contributed by atoms with Crippen molar-refractivity contribution in [3.63, 3.8) is 0 Å². The average molecular weight is 350 g/mol. The maximum atomic E-state index is 11.2. The molecule has 2 aromatic carbocycles. The predicted molar refractivity (Wildman–Crippen MR) is 92.3 cm³/mol. The van der Waals surface area contributed by atoms with E-state index in [4.69, 9.17) is 9.29 Å². The van der Waals surface area contributed by atoms with Gasteiger partial charge in [0.1, 0.15) is 22.1 Å². The van der Waals surface area contributed by atoms with Gasteiger partial charge >= 0.3 is 0 Å². The van der Waals surface area contributed by atoms with Crippen molar-refractivity contribution >= 4 is 10.1 Å². The van der Waals surface area contributed by atoms with Gasteiger partial charge in [-0.25, -0.2) is 0 Å². The number of benzene rings is 2. The van der Waals surface area contributed by atoms with E-state index in [0.717, 1.165) is 24.5 Å². The summed E-state index contributed by atoms with van der Waals surface area (Å²) in [4.78, 5) is -0.573. The number of hydrogen-bond acceptors (Lipinski definition) is 4. The van der Waals surface area contributed by atoms with Gasteiger partial charge in [-0.3, -0.25) is 4.55 Å². The topological polar surface area (TPSA) is 83.8 Å². The lowest BCUT2D eigenvalue weighted by atomic mass is 10.1. The van der Waals surface area contributed by atoms with Crippen LogP contribution in [-0.2, 0) is 16.5 Å². The summed E-state index contributed by atoms with van der Waals surface area (Å²) >= 11 is 0. The Labute approximate surface area is 142 Å². The van der Waals surface area contributed by atoms with Gasteiger partial charge in [-0.2, -0.15) is 8.42 Å². The van der Waals surface area contributed by atoms with Gasteiger partial charge < -0.3 is 9.84 Å². The zero-order valence-electron chi connectivity index (χ0n) is 13.6. The summed E-state index contributed by atoms with van der Waals surface area (Å²) in [5.41, 5.74) is 1.15. The van der Waals surface area contributed by atoms with Gasteiger partial charge in [-0.15, -0.1) is 0 Å². The van der Waals surface area contributed by atoms with Crippen molar-refractivity contribution in [2.45, 2.75) is 43.9 Å². The van der Waals surface area contributed by atoms with Crippen molar-refractivity contribution in [2.24, 2.45) is 0 Å². The van der Waals surface area contributed by atoms with E-state index in [-0.39, 0.29) is 5.75 Å². The molecule has 130 valence electrons. The number of phenolic OH excluding ortho intramolecular Hbond substituents is 1. The molecule has 0 atom stereocenters. The van der Waals surface area contributed by atoms with Gasteiger partial charge in [-0.05, 0) is 42.7 Å². The summed E-state index contributed by atoms with van der Waals surface area (Å²) in [6.45, 7) is 2.17. The maximum absolute atomic E-state index is 11.2. The summed E-state index contributed by atoms with van der Waals surface area (Å²) in [7, 11) is -4.50. The number of ether oxygens (including phenoxy) is 1. The molecule has 0 bridgehead atoms. The molecule has 0 saturated heterocycles. The Morgan fingerprint density at radius 2 is 1.75 bits per heavy atom. The highest BCUT2D eigenvalue weighted by atomic mass is 32.2. The molecule has 0 radical (unpaired) electrons.